The van der Waals surface area contributed by atoms with E-state index in [9.17, 15) is 0 Å². The second kappa shape index (κ2) is 15.5. The Hall–Kier alpha value is -9.44. The Morgan fingerprint density at radius 2 is 0.690 bits per heavy atom. The van der Waals surface area contributed by atoms with E-state index in [1.807, 2.05) is 0 Å². The SMILES string of the molecule is c1ccc(-c2nc3ccccc3n2-c2ccc(-c3cc4c(-c5ccc6c7ccccc7c7ccccc7c6c5)cc(-c5ccc6c7ccccc7c7ccccc7c6c5)nc4c4ccccc34)cc2)cc1. The lowest BCUT2D eigenvalue weighted by Gasteiger charge is -2.18. The number of imidazole rings is 1. The zero-order chi connectivity index (χ0) is 46.6. The maximum Gasteiger partial charge on any atom is 0.145 e. The highest BCUT2D eigenvalue weighted by molar-refractivity contribution is 6.27. The first-order chi connectivity index (χ1) is 35.2. The molecule has 0 spiro atoms. The number of para-hydroxylation sites is 2. The van der Waals surface area contributed by atoms with Crippen LogP contribution in [0.2, 0.25) is 0 Å². The monoisotopic (exact) mass is 899 g/mol. The van der Waals surface area contributed by atoms with Crippen molar-refractivity contribution in [3.63, 3.8) is 0 Å². The van der Waals surface area contributed by atoms with E-state index in [4.69, 9.17) is 9.97 Å². The highest BCUT2D eigenvalue weighted by atomic mass is 15.1. The molecule has 15 rings (SSSR count). The van der Waals surface area contributed by atoms with Gasteiger partial charge in [-0.2, -0.15) is 0 Å². The fourth-order valence-electron chi connectivity index (χ4n) is 11.7. The molecular weight excluding hydrogens is 859 g/mol. The van der Waals surface area contributed by atoms with Crippen LogP contribution in [-0.4, -0.2) is 14.5 Å². The largest absolute Gasteiger partial charge is 0.292 e. The molecule has 0 aliphatic rings. The zero-order valence-electron chi connectivity index (χ0n) is 38.5. The summed E-state index contributed by atoms with van der Waals surface area (Å²) in [7, 11) is 0. The van der Waals surface area contributed by atoms with Gasteiger partial charge in [0.2, 0.25) is 0 Å². The highest BCUT2D eigenvalue weighted by Gasteiger charge is 2.20. The molecule has 0 fully saturated rings. The lowest BCUT2D eigenvalue weighted by atomic mass is 9.88. The first-order valence-corrected chi connectivity index (χ1v) is 24.4. The highest BCUT2D eigenvalue weighted by Crippen LogP contribution is 2.44. The van der Waals surface area contributed by atoms with Gasteiger partial charge in [-0.3, -0.25) is 4.57 Å². The van der Waals surface area contributed by atoms with E-state index in [1.165, 1.54) is 64.6 Å². The lowest BCUT2D eigenvalue weighted by molar-refractivity contribution is 1.10. The van der Waals surface area contributed by atoms with E-state index in [2.05, 4.69) is 253 Å². The molecule has 0 saturated carbocycles. The van der Waals surface area contributed by atoms with Gasteiger partial charge in [0.25, 0.3) is 0 Å². The number of rotatable bonds is 5. The lowest BCUT2D eigenvalue weighted by Crippen LogP contribution is -1.98. The van der Waals surface area contributed by atoms with Crippen molar-refractivity contribution in [2.75, 3.05) is 0 Å². The smallest absolute Gasteiger partial charge is 0.145 e. The molecule has 0 saturated heterocycles. The Morgan fingerprint density at radius 3 is 1.28 bits per heavy atom. The zero-order valence-corrected chi connectivity index (χ0v) is 38.5. The molecule has 0 amide bonds. The molecule has 0 aliphatic heterocycles. The third-order valence-corrected chi connectivity index (χ3v) is 14.9. The Kier molecular flexibility index (Phi) is 8.66. The van der Waals surface area contributed by atoms with Crippen LogP contribution in [-0.2, 0) is 0 Å². The van der Waals surface area contributed by atoms with Crippen LogP contribution in [0.4, 0.5) is 0 Å². The molecule has 2 heterocycles. The van der Waals surface area contributed by atoms with Crippen LogP contribution >= 0.6 is 0 Å². The van der Waals surface area contributed by atoms with E-state index in [0.29, 0.717) is 0 Å². The maximum atomic E-state index is 5.70. The second-order valence-corrected chi connectivity index (χ2v) is 18.8. The van der Waals surface area contributed by atoms with Gasteiger partial charge in [0.15, 0.2) is 0 Å². The third-order valence-electron chi connectivity index (χ3n) is 14.9. The van der Waals surface area contributed by atoms with Gasteiger partial charge in [-0.05, 0) is 141 Å². The molecule has 0 N–H and O–H groups in total. The molecule has 328 valence electrons. The van der Waals surface area contributed by atoms with Crippen molar-refractivity contribution in [2.24, 2.45) is 0 Å². The third kappa shape index (κ3) is 6.10. The standard InChI is InChI=1S/C68H41N3/c1-2-16-43(17-3-1)68-70-64-28-14-15-29-66(64)71(68)46-34-30-42(31-35-46)59-40-63-60(44-32-36-56-51-22-6-4-18-47(51)49-20-8-10-24-53(49)61(56)38-44)41-65(69-67(63)58-27-13-12-26-55(58)59)45-33-37-57-52-23-7-5-19-48(52)50-21-9-11-25-54(50)62(57)39-45/h1-41H. The number of pyridine rings is 1. The summed E-state index contributed by atoms with van der Waals surface area (Å²) >= 11 is 0. The van der Waals surface area contributed by atoms with Gasteiger partial charge in [-0.15, -0.1) is 0 Å². The summed E-state index contributed by atoms with van der Waals surface area (Å²) in [6.45, 7) is 0. The molecule has 0 atom stereocenters. The summed E-state index contributed by atoms with van der Waals surface area (Å²) in [5.41, 5.74) is 11.8. The number of hydrogen-bond acceptors (Lipinski definition) is 2. The van der Waals surface area contributed by atoms with Crippen LogP contribution < -0.4 is 0 Å². The van der Waals surface area contributed by atoms with Crippen LogP contribution in [0.15, 0.2) is 249 Å². The molecule has 0 unspecified atom stereocenters. The molecule has 2 aromatic heterocycles. The van der Waals surface area contributed by atoms with Gasteiger partial charge in [0.1, 0.15) is 5.82 Å². The minimum absolute atomic E-state index is 0.923. The fraction of sp³-hybridized carbons (Fsp3) is 0. The van der Waals surface area contributed by atoms with E-state index < -0.39 is 0 Å². The normalized spacial score (nSPS) is 11.9. The van der Waals surface area contributed by atoms with E-state index in [1.54, 1.807) is 0 Å². The van der Waals surface area contributed by atoms with E-state index in [0.717, 1.165) is 83.3 Å². The number of benzene rings is 13. The topological polar surface area (TPSA) is 30.7 Å². The molecule has 3 heteroatoms. The molecule has 13 aromatic carbocycles. The maximum absolute atomic E-state index is 5.70. The van der Waals surface area contributed by atoms with Gasteiger partial charge >= 0.3 is 0 Å². The summed E-state index contributed by atoms with van der Waals surface area (Å²) < 4.78 is 2.28. The molecular formula is C68H41N3. The Labute approximate surface area is 409 Å². The van der Waals surface area contributed by atoms with Crippen molar-refractivity contribution >= 4 is 97.3 Å². The first kappa shape index (κ1) is 39.5. The summed E-state index contributed by atoms with van der Waals surface area (Å²) in [5, 5.41) is 18.5. The van der Waals surface area contributed by atoms with Crippen LogP contribution in [0.25, 0.3) is 148 Å². The predicted octanol–water partition coefficient (Wildman–Crippen LogP) is 18.3. The van der Waals surface area contributed by atoms with Crippen LogP contribution in [0, 0.1) is 0 Å². The summed E-state index contributed by atoms with van der Waals surface area (Å²) in [5.74, 6) is 0.923. The quantitative estimate of drug-likeness (QED) is 0.161. The van der Waals surface area contributed by atoms with E-state index >= 15 is 0 Å². The Morgan fingerprint density at radius 1 is 0.254 bits per heavy atom. The van der Waals surface area contributed by atoms with Crippen LogP contribution in [0.1, 0.15) is 0 Å². The Bertz CT molecular complexity index is 4610. The van der Waals surface area contributed by atoms with Crippen LogP contribution in [0.3, 0.4) is 0 Å². The van der Waals surface area contributed by atoms with Crippen molar-refractivity contribution in [1.82, 2.24) is 14.5 Å². The first-order valence-electron chi connectivity index (χ1n) is 24.4. The van der Waals surface area contributed by atoms with Crippen LogP contribution in [0.5, 0.6) is 0 Å². The summed E-state index contributed by atoms with van der Waals surface area (Å²) in [6, 6.07) is 90.7. The predicted molar refractivity (Wildman–Crippen MR) is 301 cm³/mol. The summed E-state index contributed by atoms with van der Waals surface area (Å²) in [4.78, 5) is 10.8. The van der Waals surface area contributed by atoms with Gasteiger partial charge in [-0.1, -0.05) is 200 Å². The van der Waals surface area contributed by atoms with E-state index in [-0.39, 0.29) is 0 Å². The molecule has 15 aromatic rings. The number of aromatic nitrogens is 3. The molecule has 3 nitrogen and oxygen atoms in total. The average Bonchev–Trinajstić information content (AvgIpc) is 3.85. The number of nitrogens with zero attached hydrogens (tertiary/aromatic N) is 3. The van der Waals surface area contributed by atoms with Gasteiger partial charge in [0, 0.05) is 27.6 Å². The van der Waals surface area contributed by atoms with Crippen molar-refractivity contribution < 1.29 is 0 Å². The van der Waals surface area contributed by atoms with Crippen molar-refractivity contribution in [1.29, 1.82) is 0 Å². The summed E-state index contributed by atoms with van der Waals surface area (Å²) in [6.07, 6.45) is 0. The van der Waals surface area contributed by atoms with Crippen molar-refractivity contribution in [2.45, 2.75) is 0 Å². The second-order valence-electron chi connectivity index (χ2n) is 18.8. The Balaban J connectivity index is 0.982. The fourth-order valence-corrected chi connectivity index (χ4v) is 11.7. The van der Waals surface area contributed by atoms with Gasteiger partial charge in [0.05, 0.1) is 22.2 Å². The number of hydrogen-bond donors (Lipinski definition) is 0. The molecule has 0 radical (unpaired) electrons. The molecule has 0 aliphatic carbocycles. The van der Waals surface area contributed by atoms with Gasteiger partial charge < -0.3 is 0 Å². The van der Waals surface area contributed by atoms with Crippen molar-refractivity contribution in [3.05, 3.63) is 249 Å². The minimum atomic E-state index is 0.923. The molecule has 0 bridgehead atoms. The van der Waals surface area contributed by atoms with Gasteiger partial charge in [-0.25, -0.2) is 9.97 Å². The van der Waals surface area contributed by atoms with Crippen molar-refractivity contribution in [3.8, 4) is 50.6 Å². The number of fused-ring (bicyclic) bond motifs is 16. The minimum Gasteiger partial charge on any atom is -0.292 e. The molecule has 71 heavy (non-hydrogen) atoms. The average molecular weight is 900 g/mol.